The number of hydrogen-bond acceptors (Lipinski definition) is 3. The first kappa shape index (κ1) is 12.0. The number of benzene rings is 1. The number of fused-ring (bicyclic) bond motifs is 1. The molecule has 0 radical (unpaired) electrons. The lowest BCUT2D eigenvalue weighted by molar-refractivity contribution is -0.129. The number of nitrogens with one attached hydrogen (secondary N) is 1. The number of aromatic nitrogens is 2. The van der Waals surface area contributed by atoms with Gasteiger partial charge in [0.15, 0.2) is 0 Å². The number of nitrogens with zero attached hydrogens (tertiary/aromatic N) is 2. The first-order valence-electron chi connectivity index (χ1n) is 6.45. The van der Waals surface area contributed by atoms with E-state index in [1.165, 1.54) is 0 Å². The minimum Gasteiger partial charge on any atom is -0.497 e. The minimum absolute atomic E-state index is 0.119. The normalized spacial score (nSPS) is 14.6. The number of ether oxygens (including phenoxy) is 1. The van der Waals surface area contributed by atoms with E-state index in [1.54, 1.807) is 7.11 Å². The van der Waals surface area contributed by atoms with E-state index in [2.05, 4.69) is 9.97 Å². The van der Waals surface area contributed by atoms with Crippen LogP contribution in [-0.4, -0.2) is 41.0 Å². The Hall–Kier alpha value is -2.04. The van der Waals surface area contributed by atoms with Crippen molar-refractivity contribution in [2.45, 2.75) is 25.3 Å². The molecule has 0 atom stereocenters. The van der Waals surface area contributed by atoms with Crippen LogP contribution in [0.1, 0.15) is 18.7 Å². The molecular weight excluding hydrogens is 242 g/mol. The molecule has 1 aromatic carbocycles. The highest BCUT2D eigenvalue weighted by Gasteiger charge is 2.29. The molecule has 100 valence electrons. The monoisotopic (exact) mass is 259 g/mol. The lowest BCUT2D eigenvalue weighted by Crippen LogP contribution is -2.30. The molecule has 1 aromatic heterocycles. The number of amides is 1. The number of H-pyrrole nitrogens is 1. The molecule has 2 aromatic rings. The molecule has 1 saturated carbocycles. The van der Waals surface area contributed by atoms with Gasteiger partial charge in [-0.25, -0.2) is 4.98 Å². The van der Waals surface area contributed by atoms with Crippen LogP contribution in [0.3, 0.4) is 0 Å². The molecular formula is C14H17N3O2. The fraction of sp³-hybridized carbons (Fsp3) is 0.429. The van der Waals surface area contributed by atoms with Crippen LogP contribution in [0.4, 0.5) is 0 Å². The van der Waals surface area contributed by atoms with Crippen LogP contribution < -0.4 is 4.74 Å². The zero-order valence-electron chi connectivity index (χ0n) is 11.1. The SMILES string of the molecule is COc1ccc2nc(CC(=O)N(C)C3CC3)[nH]c2c1. The lowest BCUT2D eigenvalue weighted by atomic mass is 10.3. The topological polar surface area (TPSA) is 58.2 Å². The smallest absolute Gasteiger partial charge is 0.230 e. The van der Waals surface area contributed by atoms with E-state index in [4.69, 9.17) is 4.74 Å². The second kappa shape index (κ2) is 4.57. The maximum Gasteiger partial charge on any atom is 0.230 e. The van der Waals surface area contributed by atoms with Gasteiger partial charge in [0.1, 0.15) is 11.6 Å². The Bertz CT molecular complexity index is 616. The number of likely N-dealkylation sites (N-methyl/N-ethyl adjacent to an activating group) is 1. The van der Waals surface area contributed by atoms with E-state index in [-0.39, 0.29) is 5.91 Å². The van der Waals surface area contributed by atoms with Crippen molar-refractivity contribution in [2.24, 2.45) is 0 Å². The second-order valence-corrected chi connectivity index (χ2v) is 4.98. The van der Waals surface area contributed by atoms with Crippen LogP contribution in [0.5, 0.6) is 5.75 Å². The fourth-order valence-electron chi connectivity index (χ4n) is 2.19. The molecule has 1 fully saturated rings. The molecule has 3 rings (SSSR count). The summed E-state index contributed by atoms with van der Waals surface area (Å²) in [5.41, 5.74) is 1.76. The molecule has 0 bridgehead atoms. The highest BCUT2D eigenvalue weighted by atomic mass is 16.5. The Morgan fingerprint density at radius 1 is 1.53 bits per heavy atom. The summed E-state index contributed by atoms with van der Waals surface area (Å²) >= 11 is 0. The average molecular weight is 259 g/mol. The number of carbonyl (C=O) groups excluding carboxylic acids is 1. The van der Waals surface area contributed by atoms with Gasteiger partial charge in [-0.2, -0.15) is 0 Å². The summed E-state index contributed by atoms with van der Waals surface area (Å²) < 4.78 is 5.17. The lowest BCUT2D eigenvalue weighted by Gasteiger charge is -2.14. The zero-order valence-corrected chi connectivity index (χ0v) is 11.1. The standard InChI is InChI=1S/C14H17N3O2/c1-17(9-3-4-9)14(18)8-13-15-11-6-5-10(19-2)7-12(11)16-13/h5-7,9H,3-4,8H2,1-2H3,(H,15,16). The molecule has 0 aliphatic heterocycles. The fourth-order valence-corrected chi connectivity index (χ4v) is 2.19. The maximum atomic E-state index is 12.0. The number of imidazole rings is 1. The zero-order chi connectivity index (χ0) is 13.4. The number of hydrogen-bond donors (Lipinski definition) is 1. The summed E-state index contributed by atoms with van der Waals surface area (Å²) in [5.74, 6) is 1.61. The predicted octanol–water partition coefficient (Wildman–Crippen LogP) is 1.73. The Kier molecular flexibility index (Phi) is 2.89. The molecule has 0 spiro atoms. The quantitative estimate of drug-likeness (QED) is 0.909. The van der Waals surface area contributed by atoms with Crippen molar-refractivity contribution in [2.75, 3.05) is 14.2 Å². The molecule has 19 heavy (non-hydrogen) atoms. The van der Waals surface area contributed by atoms with Crippen LogP contribution in [0.15, 0.2) is 18.2 Å². The predicted molar refractivity (Wildman–Crippen MR) is 72.1 cm³/mol. The van der Waals surface area contributed by atoms with Crippen molar-refractivity contribution in [3.63, 3.8) is 0 Å². The highest BCUT2D eigenvalue weighted by molar-refractivity contribution is 5.81. The van der Waals surface area contributed by atoms with Gasteiger partial charge in [-0.3, -0.25) is 4.79 Å². The van der Waals surface area contributed by atoms with Crippen LogP contribution in [0, 0.1) is 0 Å². The maximum absolute atomic E-state index is 12.0. The van der Waals surface area contributed by atoms with Crippen LogP contribution in [0.25, 0.3) is 11.0 Å². The first-order valence-corrected chi connectivity index (χ1v) is 6.45. The number of methoxy groups -OCH3 is 1. The van der Waals surface area contributed by atoms with Gasteiger partial charge in [-0.05, 0) is 25.0 Å². The average Bonchev–Trinajstić information content (AvgIpc) is 3.18. The van der Waals surface area contributed by atoms with Crippen molar-refractivity contribution >= 4 is 16.9 Å². The molecule has 0 saturated heterocycles. The van der Waals surface area contributed by atoms with E-state index in [0.29, 0.717) is 18.3 Å². The molecule has 1 aliphatic rings. The molecule has 5 nitrogen and oxygen atoms in total. The van der Waals surface area contributed by atoms with Gasteiger partial charge in [-0.15, -0.1) is 0 Å². The second-order valence-electron chi connectivity index (χ2n) is 4.98. The summed E-state index contributed by atoms with van der Waals surface area (Å²) in [4.78, 5) is 21.5. The Morgan fingerprint density at radius 3 is 3.00 bits per heavy atom. The van der Waals surface area contributed by atoms with Gasteiger partial charge in [0.2, 0.25) is 5.91 Å². The summed E-state index contributed by atoms with van der Waals surface area (Å²) in [7, 11) is 3.50. The first-order chi connectivity index (χ1) is 9.17. The Labute approximate surface area is 111 Å². The number of rotatable bonds is 4. The van der Waals surface area contributed by atoms with Gasteiger partial charge in [0, 0.05) is 19.2 Å². The van der Waals surface area contributed by atoms with Crippen LogP contribution in [0.2, 0.25) is 0 Å². The van der Waals surface area contributed by atoms with Crippen molar-refractivity contribution in [3.05, 3.63) is 24.0 Å². The van der Waals surface area contributed by atoms with Crippen LogP contribution >= 0.6 is 0 Å². The van der Waals surface area contributed by atoms with E-state index < -0.39 is 0 Å². The molecule has 1 amide bonds. The van der Waals surface area contributed by atoms with E-state index in [9.17, 15) is 4.79 Å². The van der Waals surface area contributed by atoms with Crippen molar-refractivity contribution in [1.29, 1.82) is 0 Å². The van der Waals surface area contributed by atoms with E-state index >= 15 is 0 Å². The minimum atomic E-state index is 0.119. The van der Waals surface area contributed by atoms with Crippen molar-refractivity contribution in [3.8, 4) is 5.75 Å². The third kappa shape index (κ3) is 2.41. The van der Waals surface area contributed by atoms with E-state index in [1.807, 2.05) is 30.1 Å². The van der Waals surface area contributed by atoms with Crippen molar-refractivity contribution in [1.82, 2.24) is 14.9 Å². The van der Waals surface area contributed by atoms with Gasteiger partial charge in [-0.1, -0.05) is 0 Å². The van der Waals surface area contributed by atoms with Crippen LogP contribution in [-0.2, 0) is 11.2 Å². The highest BCUT2D eigenvalue weighted by Crippen LogP contribution is 2.26. The van der Waals surface area contributed by atoms with Crippen molar-refractivity contribution < 1.29 is 9.53 Å². The number of aromatic amines is 1. The third-order valence-corrected chi connectivity index (χ3v) is 3.54. The largest absolute Gasteiger partial charge is 0.497 e. The molecule has 1 heterocycles. The van der Waals surface area contributed by atoms with Gasteiger partial charge in [0.05, 0.1) is 24.6 Å². The summed E-state index contributed by atoms with van der Waals surface area (Å²) in [6.45, 7) is 0. The summed E-state index contributed by atoms with van der Waals surface area (Å²) in [6, 6.07) is 6.09. The van der Waals surface area contributed by atoms with E-state index in [0.717, 1.165) is 29.6 Å². The summed E-state index contributed by atoms with van der Waals surface area (Å²) in [6.07, 6.45) is 2.57. The van der Waals surface area contributed by atoms with Gasteiger partial charge >= 0.3 is 0 Å². The number of carbonyl (C=O) groups is 1. The molecule has 0 unspecified atom stereocenters. The van der Waals surface area contributed by atoms with Gasteiger partial charge in [0.25, 0.3) is 0 Å². The molecule has 1 aliphatic carbocycles. The summed E-state index contributed by atoms with van der Waals surface area (Å²) in [5, 5.41) is 0. The molecule has 1 N–H and O–H groups in total. The third-order valence-electron chi connectivity index (χ3n) is 3.54. The Morgan fingerprint density at radius 2 is 2.32 bits per heavy atom. The van der Waals surface area contributed by atoms with Gasteiger partial charge < -0.3 is 14.6 Å². The molecule has 5 heteroatoms. The Balaban J connectivity index is 1.79.